The molecule has 2 saturated heterocycles. The molecule has 2 aliphatic rings. The Kier molecular flexibility index (Phi) is 6.95. The number of thioether (sulfide) groups is 1. The second-order valence-corrected chi connectivity index (χ2v) is 10.5. The largest absolute Gasteiger partial charge is 0.446 e. The summed E-state index contributed by atoms with van der Waals surface area (Å²) in [6, 6.07) is 5.31. The van der Waals surface area contributed by atoms with Crippen LogP contribution >= 0.6 is 11.8 Å². The zero-order valence-corrected chi connectivity index (χ0v) is 17.2. The minimum Gasteiger partial charge on any atom is -0.376 e. The van der Waals surface area contributed by atoms with E-state index in [0.717, 1.165) is 12.8 Å². The highest BCUT2D eigenvalue weighted by atomic mass is 32.2. The Balaban J connectivity index is 1.68. The maximum absolute atomic E-state index is 12.8. The maximum Gasteiger partial charge on any atom is 0.446 e. The average Bonchev–Trinajstić information content (AvgIpc) is 3.26. The molecule has 0 spiro atoms. The number of carbonyl (C=O) groups excluding carboxylic acids is 1. The molecule has 2 atom stereocenters. The second-order valence-electron chi connectivity index (χ2n) is 7.13. The number of carbonyl (C=O) groups is 1. The molecule has 0 N–H and O–H groups in total. The van der Waals surface area contributed by atoms with E-state index in [2.05, 4.69) is 0 Å². The van der Waals surface area contributed by atoms with Gasteiger partial charge in [-0.15, -0.1) is 0 Å². The van der Waals surface area contributed by atoms with Gasteiger partial charge in [0.25, 0.3) is 0 Å². The van der Waals surface area contributed by atoms with Gasteiger partial charge in [-0.1, -0.05) is 12.1 Å². The first-order chi connectivity index (χ1) is 13.6. The van der Waals surface area contributed by atoms with E-state index in [4.69, 9.17) is 4.74 Å². The molecule has 0 saturated carbocycles. The fourth-order valence-corrected chi connectivity index (χ4v) is 5.76. The molecule has 1 amide bonds. The lowest BCUT2D eigenvalue weighted by Crippen LogP contribution is -2.44. The van der Waals surface area contributed by atoms with Crippen LogP contribution in [-0.4, -0.2) is 61.5 Å². The van der Waals surface area contributed by atoms with Crippen molar-refractivity contribution in [2.45, 2.75) is 41.8 Å². The summed E-state index contributed by atoms with van der Waals surface area (Å²) in [6.07, 6.45) is 4.90. The zero-order valence-electron chi connectivity index (χ0n) is 15.6. The van der Waals surface area contributed by atoms with E-state index in [1.165, 1.54) is 36.4 Å². The Bertz CT molecular complexity index is 847. The van der Waals surface area contributed by atoms with Crippen molar-refractivity contribution < 1.29 is 31.1 Å². The second kappa shape index (κ2) is 9.09. The Morgan fingerprint density at radius 1 is 1.24 bits per heavy atom. The minimum absolute atomic E-state index is 0.0529. The van der Waals surface area contributed by atoms with Crippen LogP contribution in [0, 0.1) is 0 Å². The molecule has 3 rings (SSSR count). The van der Waals surface area contributed by atoms with E-state index in [1.807, 2.05) is 0 Å². The van der Waals surface area contributed by atoms with E-state index in [0.29, 0.717) is 25.1 Å². The summed E-state index contributed by atoms with van der Waals surface area (Å²) in [5.74, 6) is -0.311. The lowest BCUT2D eigenvalue weighted by atomic mass is 10.1. The van der Waals surface area contributed by atoms with Crippen LogP contribution in [0.5, 0.6) is 0 Å². The molecule has 29 heavy (non-hydrogen) atoms. The summed E-state index contributed by atoms with van der Waals surface area (Å²) in [5, 5.41) is 0. The van der Waals surface area contributed by atoms with Crippen molar-refractivity contribution >= 4 is 33.6 Å². The molecule has 2 heterocycles. The van der Waals surface area contributed by atoms with Gasteiger partial charge in [-0.2, -0.15) is 13.2 Å². The maximum atomic E-state index is 12.8. The molecule has 0 bridgehead atoms. The van der Waals surface area contributed by atoms with E-state index in [9.17, 15) is 26.4 Å². The van der Waals surface area contributed by atoms with Crippen molar-refractivity contribution in [3.63, 3.8) is 0 Å². The molecule has 1 aromatic rings. The lowest BCUT2D eigenvalue weighted by Gasteiger charge is -2.29. The van der Waals surface area contributed by atoms with Crippen molar-refractivity contribution in [2.24, 2.45) is 0 Å². The molecular formula is C19H22F3NO4S2. The quantitative estimate of drug-likeness (QED) is 0.491. The normalized spacial score (nSPS) is 24.2. The highest BCUT2D eigenvalue weighted by Crippen LogP contribution is 2.36. The van der Waals surface area contributed by atoms with Gasteiger partial charge in [-0.25, -0.2) is 8.42 Å². The first-order valence-electron chi connectivity index (χ1n) is 9.28. The summed E-state index contributed by atoms with van der Waals surface area (Å²) < 4.78 is 66.5. The van der Waals surface area contributed by atoms with Gasteiger partial charge in [-0.3, -0.25) is 4.79 Å². The fraction of sp³-hybridized carbons (Fsp3) is 0.526. The van der Waals surface area contributed by atoms with Crippen LogP contribution in [-0.2, 0) is 19.4 Å². The highest BCUT2D eigenvalue weighted by molar-refractivity contribution is 8.00. The Morgan fingerprint density at radius 3 is 2.52 bits per heavy atom. The Hall–Kier alpha value is -1.52. The molecule has 160 valence electrons. The number of halogens is 3. The van der Waals surface area contributed by atoms with Gasteiger partial charge < -0.3 is 9.64 Å². The number of ether oxygens (including phenoxy) is 1. The fourth-order valence-electron chi connectivity index (χ4n) is 3.49. The molecule has 10 heteroatoms. The third-order valence-corrected chi connectivity index (χ3v) is 7.38. The van der Waals surface area contributed by atoms with Gasteiger partial charge in [0.15, 0.2) is 9.84 Å². The predicted molar refractivity (Wildman–Crippen MR) is 105 cm³/mol. The van der Waals surface area contributed by atoms with Gasteiger partial charge >= 0.3 is 5.51 Å². The molecule has 0 radical (unpaired) electrons. The molecule has 0 aromatic heterocycles. The molecule has 5 nitrogen and oxygen atoms in total. The number of sulfone groups is 1. The first-order valence-corrected chi connectivity index (χ1v) is 11.9. The number of benzene rings is 1. The van der Waals surface area contributed by atoms with Crippen molar-refractivity contribution in [2.75, 3.05) is 24.7 Å². The summed E-state index contributed by atoms with van der Waals surface area (Å²) in [4.78, 5) is 14.4. The first kappa shape index (κ1) is 22.2. The number of alkyl halides is 3. The smallest absolute Gasteiger partial charge is 0.376 e. The molecule has 2 unspecified atom stereocenters. The summed E-state index contributed by atoms with van der Waals surface area (Å²) >= 11 is -0.197. The molecule has 1 aromatic carbocycles. The van der Waals surface area contributed by atoms with E-state index in [-0.39, 0.29) is 46.2 Å². The number of nitrogens with zero attached hydrogens (tertiary/aromatic N) is 1. The Morgan fingerprint density at radius 2 is 1.97 bits per heavy atom. The molecule has 0 aliphatic carbocycles. The molecular weight excluding hydrogens is 427 g/mol. The third-order valence-electron chi connectivity index (χ3n) is 4.89. The van der Waals surface area contributed by atoms with Crippen LogP contribution in [0.25, 0.3) is 6.08 Å². The van der Waals surface area contributed by atoms with Gasteiger partial charge in [0.05, 0.1) is 17.6 Å². The summed E-state index contributed by atoms with van der Waals surface area (Å²) in [7, 11) is -3.15. The van der Waals surface area contributed by atoms with Crippen LogP contribution in [0.4, 0.5) is 13.2 Å². The van der Waals surface area contributed by atoms with Crippen molar-refractivity contribution in [3.8, 4) is 0 Å². The standard InChI is InChI=1S/C19H22F3NO4S2/c20-19(21,22)28-17-6-3-14(4-7-17)5-8-18(24)23(12-16-2-1-10-27-16)15-9-11-29(25,26)13-15/h3-8,15-16H,1-2,9-13H2/b8-5+. The van der Waals surface area contributed by atoms with Gasteiger partial charge in [0.1, 0.15) is 0 Å². The number of hydrogen-bond donors (Lipinski definition) is 0. The van der Waals surface area contributed by atoms with Gasteiger partial charge in [0, 0.05) is 30.2 Å². The monoisotopic (exact) mass is 449 g/mol. The van der Waals surface area contributed by atoms with Crippen LogP contribution in [0.1, 0.15) is 24.8 Å². The predicted octanol–water partition coefficient (Wildman–Crippen LogP) is 3.51. The molecule has 2 fully saturated rings. The van der Waals surface area contributed by atoms with E-state index < -0.39 is 15.3 Å². The van der Waals surface area contributed by atoms with Crippen LogP contribution in [0.3, 0.4) is 0 Å². The highest BCUT2D eigenvalue weighted by Gasteiger charge is 2.35. The number of rotatable bonds is 6. The molecule has 2 aliphatic heterocycles. The number of amides is 1. The van der Waals surface area contributed by atoms with Crippen LogP contribution < -0.4 is 0 Å². The van der Waals surface area contributed by atoms with Crippen LogP contribution in [0.15, 0.2) is 35.2 Å². The summed E-state index contributed by atoms with van der Waals surface area (Å²) in [5.41, 5.74) is -3.77. The van der Waals surface area contributed by atoms with E-state index in [1.54, 1.807) is 4.90 Å². The van der Waals surface area contributed by atoms with E-state index >= 15 is 0 Å². The zero-order chi connectivity index (χ0) is 21.1. The van der Waals surface area contributed by atoms with Crippen molar-refractivity contribution in [1.29, 1.82) is 0 Å². The number of hydrogen-bond acceptors (Lipinski definition) is 5. The van der Waals surface area contributed by atoms with Crippen LogP contribution in [0.2, 0.25) is 0 Å². The van der Waals surface area contributed by atoms with Gasteiger partial charge in [-0.05, 0) is 54.8 Å². The average molecular weight is 450 g/mol. The minimum atomic E-state index is -4.35. The SMILES string of the molecule is O=C(/C=C/c1ccc(SC(F)(F)F)cc1)N(CC1CCCO1)C1CCS(=O)(=O)C1. The third kappa shape index (κ3) is 6.75. The topological polar surface area (TPSA) is 63.7 Å². The van der Waals surface area contributed by atoms with Crippen molar-refractivity contribution in [3.05, 3.63) is 35.9 Å². The van der Waals surface area contributed by atoms with Gasteiger partial charge in [0.2, 0.25) is 5.91 Å². The van der Waals surface area contributed by atoms with Crippen molar-refractivity contribution in [1.82, 2.24) is 4.90 Å². The Labute approximate surface area is 172 Å². The lowest BCUT2D eigenvalue weighted by molar-refractivity contribution is -0.129. The summed E-state index contributed by atoms with van der Waals surface area (Å²) in [6.45, 7) is 0.971.